The fourth-order valence-corrected chi connectivity index (χ4v) is 2.59. The molecule has 4 aromatic rings. The van der Waals surface area contributed by atoms with Crippen LogP contribution in [-0.4, -0.2) is 15.0 Å². The summed E-state index contributed by atoms with van der Waals surface area (Å²) in [6.07, 6.45) is 4.50. The number of benzene rings is 2. The highest BCUT2D eigenvalue weighted by Crippen LogP contribution is 2.29. The van der Waals surface area contributed by atoms with Gasteiger partial charge in [-0.3, -0.25) is 0 Å². The molecule has 0 amide bonds. The number of nitrogens with zero attached hydrogens (tertiary/aromatic N) is 3. The molecule has 0 radical (unpaired) electrons. The van der Waals surface area contributed by atoms with Gasteiger partial charge in [0, 0.05) is 16.5 Å². The third-order valence-electron chi connectivity index (χ3n) is 3.80. The first kappa shape index (κ1) is 13.6. The lowest BCUT2D eigenvalue weighted by Crippen LogP contribution is -1.91. The van der Waals surface area contributed by atoms with Crippen LogP contribution in [0.25, 0.3) is 33.4 Å². The largest absolute Gasteiger partial charge is 0.451 e. The second kappa shape index (κ2) is 5.28. The third kappa shape index (κ3) is 2.36. The van der Waals surface area contributed by atoms with Gasteiger partial charge in [0.05, 0.1) is 11.2 Å². The minimum atomic E-state index is -0.222. The first-order chi connectivity index (χ1) is 11.2. The van der Waals surface area contributed by atoms with E-state index in [-0.39, 0.29) is 5.82 Å². The van der Waals surface area contributed by atoms with Crippen LogP contribution in [0, 0.1) is 12.7 Å². The smallest absolute Gasteiger partial charge is 0.181 e. The number of rotatable bonds is 2. The summed E-state index contributed by atoms with van der Waals surface area (Å²) in [4.78, 5) is 12.9. The summed E-state index contributed by atoms with van der Waals surface area (Å²) in [6.45, 7) is 1.74. The van der Waals surface area contributed by atoms with Crippen molar-refractivity contribution in [2.24, 2.45) is 0 Å². The molecule has 0 spiro atoms. The van der Waals surface area contributed by atoms with Crippen molar-refractivity contribution in [3.8, 4) is 22.5 Å². The van der Waals surface area contributed by atoms with E-state index in [1.54, 1.807) is 25.3 Å². The van der Waals surface area contributed by atoms with E-state index in [4.69, 9.17) is 4.42 Å². The van der Waals surface area contributed by atoms with Gasteiger partial charge < -0.3 is 4.42 Å². The minimum Gasteiger partial charge on any atom is -0.451 e. The van der Waals surface area contributed by atoms with Crippen molar-refractivity contribution in [3.63, 3.8) is 0 Å². The highest BCUT2D eigenvalue weighted by molar-refractivity contribution is 5.94. The van der Waals surface area contributed by atoms with E-state index in [1.807, 2.05) is 18.2 Å². The average Bonchev–Trinajstić information content (AvgIpc) is 3.11. The van der Waals surface area contributed by atoms with Crippen molar-refractivity contribution in [2.75, 3.05) is 0 Å². The van der Waals surface area contributed by atoms with E-state index in [0.717, 1.165) is 33.4 Å². The summed E-state index contributed by atoms with van der Waals surface area (Å²) in [7, 11) is 0. The van der Waals surface area contributed by atoms with Crippen LogP contribution in [0.3, 0.4) is 0 Å². The van der Waals surface area contributed by atoms with Gasteiger partial charge in [0.15, 0.2) is 6.39 Å². The molecule has 0 aliphatic carbocycles. The summed E-state index contributed by atoms with van der Waals surface area (Å²) in [5.41, 5.74) is 4.72. The maximum Gasteiger partial charge on any atom is 0.181 e. The first-order valence-electron chi connectivity index (χ1n) is 7.12. The van der Waals surface area contributed by atoms with Crippen molar-refractivity contribution < 1.29 is 8.81 Å². The van der Waals surface area contributed by atoms with Crippen molar-refractivity contribution in [3.05, 3.63) is 66.8 Å². The number of fused-ring (bicyclic) bond motifs is 1. The topological polar surface area (TPSA) is 51.8 Å². The first-order valence-corrected chi connectivity index (χ1v) is 7.12. The van der Waals surface area contributed by atoms with Crippen LogP contribution < -0.4 is 0 Å². The summed E-state index contributed by atoms with van der Waals surface area (Å²) in [5.74, 6) is -0.222. The molecule has 23 heavy (non-hydrogen) atoms. The van der Waals surface area contributed by atoms with Crippen molar-refractivity contribution in [1.29, 1.82) is 0 Å². The SMILES string of the molecule is Cc1cc(-c2ncnc3cc(-c4cocn4)ccc23)ccc1F. The molecule has 4 rings (SSSR count). The molecular weight excluding hydrogens is 293 g/mol. The van der Waals surface area contributed by atoms with E-state index in [9.17, 15) is 4.39 Å². The quantitative estimate of drug-likeness (QED) is 0.551. The molecule has 5 heteroatoms. The number of hydrogen-bond acceptors (Lipinski definition) is 4. The van der Waals surface area contributed by atoms with Crippen LogP contribution >= 0.6 is 0 Å². The normalized spacial score (nSPS) is 11.0. The standard InChI is InChI=1S/C18H12FN3O/c1-11-6-13(3-5-15(11)19)18-14-4-2-12(17-8-23-10-22-17)7-16(14)20-9-21-18/h2-10H,1H3. The van der Waals surface area contributed by atoms with Gasteiger partial charge in [-0.1, -0.05) is 6.07 Å². The van der Waals surface area contributed by atoms with Crippen LogP contribution in [0.4, 0.5) is 4.39 Å². The fraction of sp³-hybridized carbons (Fsp3) is 0.0556. The predicted octanol–water partition coefficient (Wildman–Crippen LogP) is 4.40. The Morgan fingerprint density at radius 2 is 1.83 bits per heavy atom. The molecule has 0 saturated carbocycles. The van der Waals surface area contributed by atoms with Gasteiger partial charge in [-0.15, -0.1) is 0 Å². The van der Waals surface area contributed by atoms with E-state index in [0.29, 0.717) is 5.56 Å². The molecule has 2 heterocycles. The Hall–Kier alpha value is -3.08. The molecule has 0 fully saturated rings. The van der Waals surface area contributed by atoms with Gasteiger partial charge in [0.2, 0.25) is 0 Å². The highest BCUT2D eigenvalue weighted by atomic mass is 19.1. The lowest BCUT2D eigenvalue weighted by atomic mass is 10.0. The van der Waals surface area contributed by atoms with E-state index in [1.165, 1.54) is 18.8 Å². The molecule has 0 aliphatic rings. The molecular formula is C18H12FN3O. The maximum absolute atomic E-state index is 13.5. The van der Waals surface area contributed by atoms with Crippen LogP contribution in [0.1, 0.15) is 5.56 Å². The molecule has 4 nitrogen and oxygen atoms in total. The number of oxazole rings is 1. The Morgan fingerprint density at radius 3 is 2.61 bits per heavy atom. The number of halogens is 1. The van der Waals surface area contributed by atoms with E-state index >= 15 is 0 Å². The van der Waals surface area contributed by atoms with Gasteiger partial charge >= 0.3 is 0 Å². The second-order valence-corrected chi connectivity index (χ2v) is 5.29. The zero-order valence-electron chi connectivity index (χ0n) is 12.3. The Balaban J connectivity index is 1.89. The zero-order chi connectivity index (χ0) is 15.8. The average molecular weight is 305 g/mol. The second-order valence-electron chi connectivity index (χ2n) is 5.29. The summed E-state index contributed by atoms with van der Waals surface area (Å²) >= 11 is 0. The molecule has 0 N–H and O–H groups in total. The Bertz CT molecular complexity index is 997. The molecule has 0 unspecified atom stereocenters. The van der Waals surface area contributed by atoms with Crippen LogP contribution in [0.15, 0.2) is 59.8 Å². The van der Waals surface area contributed by atoms with Gasteiger partial charge in [-0.2, -0.15) is 0 Å². The lowest BCUT2D eigenvalue weighted by Gasteiger charge is -2.07. The molecule has 0 bridgehead atoms. The highest BCUT2D eigenvalue weighted by Gasteiger charge is 2.10. The van der Waals surface area contributed by atoms with Gasteiger partial charge in [0.1, 0.15) is 24.1 Å². The number of hydrogen-bond donors (Lipinski definition) is 0. The molecule has 112 valence electrons. The van der Waals surface area contributed by atoms with Crippen LogP contribution in [0.5, 0.6) is 0 Å². The van der Waals surface area contributed by atoms with Gasteiger partial charge in [-0.05, 0) is 42.8 Å². The molecule has 2 aromatic heterocycles. The van der Waals surface area contributed by atoms with Crippen molar-refractivity contribution in [2.45, 2.75) is 6.92 Å². The number of aryl methyl sites for hydroxylation is 1. The van der Waals surface area contributed by atoms with Crippen molar-refractivity contribution in [1.82, 2.24) is 15.0 Å². The van der Waals surface area contributed by atoms with E-state index in [2.05, 4.69) is 15.0 Å². The zero-order valence-corrected chi connectivity index (χ0v) is 12.3. The van der Waals surface area contributed by atoms with Crippen molar-refractivity contribution >= 4 is 10.9 Å². The van der Waals surface area contributed by atoms with Gasteiger partial charge in [0.25, 0.3) is 0 Å². The summed E-state index contributed by atoms with van der Waals surface area (Å²) in [6, 6.07) is 10.8. The minimum absolute atomic E-state index is 0.222. The van der Waals surface area contributed by atoms with Crippen LogP contribution in [-0.2, 0) is 0 Å². The monoisotopic (exact) mass is 305 g/mol. The third-order valence-corrected chi connectivity index (χ3v) is 3.80. The maximum atomic E-state index is 13.5. The molecule has 2 aromatic carbocycles. The predicted molar refractivity (Wildman–Crippen MR) is 85.2 cm³/mol. The number of aromatic nitrogens is 3. The molecule has 0 atom stereocenters. The fourth-order valence-electron chi connectivity index (χ4n) is 2.59. The Labute approximate surface area is 131 Å². The lowest BCUT2D eigenvalue weighted by molar-refractivity contribution is 0.558. The summed E-state index contributed by atoms with van der Waals surface area (Å²) < 4.78 is 18.5. The summed E-state index contributed by atoms with van der Waals surface area (Å²) in [5, 5.41) is 0.908. The van der Waals surface area contributed by atoms with Crippen LogP contribution in [0.2, 0.25) is 0 Å². The van der Waals surface area contributed by atoms with Gasteiger partial charge in [-0.25, -0.2) is 19.3 Å². The Kier molecular flexibility index (Phi) is 3.12. The Morgan fingerprint density at radius 1 is 0.957 bits per heavy atom. The van der Waals surface area contributed by atoms with E-state index < -0.39 is 0 Å². The molecule has 0 saturated heterocycles. The molecule has 0 aliphatic heterocycles.